The quantitative estimate of drug-likeness (QED) is 0.717. The Morgan fingerprint density at radius 1 is 1.36 bits per heavy atom. The van der Waals surface area contributed by atoms with E-state index in [4.69, 9.17) is 4.74 Å². The molecular weight excluding hydrogens is 176 g/mol. The van der Waals surface area contributed by atoms with Gasteiger partial charge in [0.2, 0.25) is 0 Å². The predicted octanol–water partition coefficient (Wildman–Crippen LogP) is 0.563. The first-order valence-electron chi connectivity index (χ1n) is 5.73. The lowest BCUT2D eigenvalue weighted by Gasteiger charge is -2.27. The largest absolute Gasteiger partial charge is 0.381 e. The number of nitrogens with one attached hydrogen (secondary N) is 1. The Balaban J connectivity index is 1.91. The van der Waals surface area contributed by atoms with Crippen molar-refractivity contribution in [2.45, 2.75) is 18.9 Å². The third kappa shape index (κ3) is 2.47. The highest BCUT2D eigenvalue weighted by atomic mass is 16.5. The summed E-state index contributed by atoms with van der Waals surface area (Å²) in [6.07, 6.45) is 3.24. The number of hydrogen-bond donors (Lipinski definition) is 1. The summed E-state index contributed by atoms with van der Waals surface area (Å²) < 4.78 is 5.65. The Labute approximate surface area is 86.8 Å². The van der Waals surface area contributed by atoms with Gasteiger partial charge in [0.25, 0.3) is 0 Å². The lowest BCUT2D eigenvalue weighted by atomic mass is 9.98. The molecule has 0 spiro atoms. The SMILES string of the molecule is COC(C1CC1)C1CNCCN(C)C1. The van der Waals surface area contributed by atoms with E-state index >= 15 is 0 Å². The first-order valence-corrected chi connectivity index (χ1v) is 5.73. The average molecular weight is 198 g/mol. The molecule has 2 aliphatic rings. The van der Waals surface area contributed by atoms with Gasteiger partial charge >= 0.3 is 0 Å². The van der Waals surface area contributed by atoms with Crippen molar-refractivity contribution in [1.29, 1.82) is 0 Å². The summed E-state index contributed by atoms with van der Waals surface area (Å²) in [5.41, 5.74) is 0. The van der Waals surface area contributed by atoms with Crippen LogP contribution in [0.2, 0.25) is 0 Å². The summed E-state index contributed by atoms with van der Waals surface area (Å²) in [4.78, 5) is 2.42. The van der Waals surface area contributed by atoms with Crippen LogP contribution in [-0.2, 0) is 4.74 Å². The van der Waals surface area contributed by atoms with Crippen LogP contribution in [-0.4, -0.2) is 51.3 Å². The fourth-order valence-corrected chi connectivity index (χ4v) is 2.53. The molecule has 3 nitrogen and oxygen atoms in total. The molecule has 2 rings (SSSR count). The first kappa shape index (κ1) is 10.4. The number of hydrogen-bond acceptors (Lipinski definition) is 3. The van der Waals surface area contributed by atoms with Crippen LogP contribution in [0.1, 0.15) is 12.8 Å². The van der Waals surface area contributed by atoms with Crippen molar-refractivity contribution in [2.75, 3.05) is 40.3 Å². The van der Waals surface area contributed by atoms with Gasteiger partial charge in [0.05, 0.1) is 6.10 Å². The summed E-state index contributed by atoms with van der Waals surface area (Å²) >= 11 is 0. The minimum Gasteiger partial charge on any atom is -0.381 e. The molecule has 0 aromatic heterocycles. The molecule has 3 heteroatoms. The Kier molecular flexibility index (Phi) is 3.42. The van der Waals surface area contributed by atoms with E-state index in [1.165, 1.54) is 19.4 Å². The molecule has 1 aliphatic heterocycles. The Morgan fingerprint density at radius 2 is 2.14 bits per heavy atom. The van der Waals surface area contributed by atoms with Crippen molar-refractivity contribution in [3.05, 3.63) is 0 Å². The predicted molar refractivity (Wildman–Crippen MR) is 57.4 cm³/mol. The van der Waals surface area contributed by atoms with Gasteiger partial charge in [0, 0.05) is 39.2 Å². The molecule has 0 radical (unpaired) electrons. The van der Waals surface area contributed by atoms with E-state index < -0.39 is 0 Å². The number of nitrogens with zero attached hydrogens (tertiary/aromatic N) is 1. The molecule has 2 unspecified atom stereocenters. The monoisotopic (exact) mass is 198 g/mol. The summed E-state index contributed by atoms with van der Waals surface area (Å²) in [5.74, 6) is 1.53. The lowest BCUT2D eigenvalue weighted by molar-refractivity contribution is 0.0280. The fourth-order valence-electron chi connectivity index (χ4n) is 2.53. The second kappa shape index (κ2) is 4.60. The Morgan fingerprint density at radius 3 is 2.79 bits per heavy atom. The summed E-state index contributed by atoms with van der Waals surface area (Å²) in [7, 11) is 4.08. The van der Waals surface area contributed by atoms with E-state index in [0.29, 0.717) is 12.0 Å². The Bertz CT molecular complexity index is 182. The zero-order chi connectivity index (χ0) is 9.97. The van der Waals surface area contributed by atoms with Crippen LogP contribution in [0.3, 0.4) is 0 Å². The summed E-state index contributed by atoms with van der Waals surface area (Å²) in [5, 5.41) is 3.50. The molecular formula is C11H22N2O. The van der Waals surface area contributed by atoms with Crippen molar-refractivity contribution in [2.24, 2.45) is 11.8 Å². The van der Waals surface area contributed by atoms with Gasteiger partial charge in [-0.05, 0) is 25.8 Å². The van der Waals surface area contributed by atoms with Gasteiger partial charge < -0.3 is 15.0 Å². The number of ether oxygens (including phenoxy) is 1. The third-order valence-electron chi connectivity index (χ3n) is 3.45. The van der Waals surface area contributed by atoms with Gasteiger partial charge in [-0.2, -0.15) is 0 Å². The highest BCUT2D eigenvalue weighted by molar-refractivity contribution is 4.89. The molecule has 1 saturated carbocycles. The summed E-state index contributed by atoms with van der Waals surface area (Å²) in [6.45, 7) is 4.59. The molecule has 0 aromatic carbocycles. The van der Waals surface area contributed by atoms with Crippen molar-refractivity contribution >= 4 is 0 Å². The molecule has 0 aromatic rings. The van der Waals surface area contributed by atoms with Crippen molar-refractivity contribution in [3.8, 4) is 0 Å². The van der Waals surface area contributed by atoms with Gasteiger partial charge in [0.15, 0.2) is 0 Å². The van der Waals surface area contributed by atoms with Crippen LogP contribution in [0.5, 0.6) is 0 Å². The van der Waals surface area contributed by atoms with E-state index in [0.717, 1.165) is 25.6 Å². The molecule has 1 aliphatic carbocycles. The summed E-state index contributed by atoms with van der Waals surface area (Å²) in [6, 6.07) is 0. The molecule has 82 valence electrons. The van der Waals surface area contributed by atoms with Gasteiger partial charge in [-0.15, -0.1) is 0 Å². The highest BCUT2D eigenvalue weighted by Gasteiger charge is 2.37. The molecule has 1 saturated heterocycles. The van der Waals surface area contributed by atoms with Crippen molar-refractivity contribution < 1.29 is 4.74 Å². The third-order valence-corrected chi connectivity index (χ3v) is 3.45. The Hall–Kier alpha value is -0.120. The standard InChI is InChI=1S/C11H22N2O/c1-13-6-5-12-7-10(8-13)11(14-2)9-3-4-9/h9-12H,3-8H2,1-2H3. The number of rotatable bonds is 3. The smallest absolute Gasteiger partial charge is 0.0652 e. The van der Waals surface area contributed by atoms with Gasteiger partial charge in [-0.25, -0.2) is 0 Å². The van der Waals surface area contributed by atoms with Crippen molar-refractivity contribution in [3.63, 3.8) is 0 Å². The minimum absolute atomic E-state index is 0.489. The second-order valence-corrected chi connectivity index (χ2v) is 4.76. The molecule has 1 heterocycles. The van der Waals surface area contributed by atoms with E-state index in [1.807, 2.05) is 7.11 Å². The maximum Gasteiger partial charge on any atom is 0.0652 e. The average Bonchev–Trinajstić information content (AvgIpc) is 2.96. The van der Waals surface area contributed by atoms with Gasteiger partial charge in [0.1, 0.15) is 0 Å². The van der Waals surface area contributed by atoms with Crippen LogP contribution in [0.25, 0.3) is 0 Å². The lowest BCUT2D eigenvalue weighted by Crippen LogP contribution is -2.37. The topological polar surface area (TPSA) is 24.5 Å². The number of likely N-dealkylation sites (N-methyl/N-ethyl adjacent to an activating group) is 1. The molecule has 1 N–H and O–H groups in total. The van der Waals surface area contributed by atoms with Gasteiger partial charge in [-0.3, -0.25) is 0 Å². The minimum atomic E-state index is 0.489. The first-order chi connectivity index (χ1) is 6.81. The second-order valence-electron chi connectivity index (χ2n) is 4.76. The molecule has 2 atom stereocenters. The van der Waals surface area contributed by atoms with Crippen LogP contribution in [0.4, 0.5) is 0 Å². The molecule has 0 amide bonds. The molecule has 0 bridgehead atoms. The van der Waals surface area contributed by atoms with E-state index in [9.17, 15) is 0 Å². The van der Waals surface area contributed by atoms with Gasteiger partial charge in [-0.1, -0.05) is 0 Å². The van der Waals surface area contributed by atoms with Crippen LogP contribution >= 0.6 is 0 Å². The van der Waals surface area contributed by atoms with Crippen LogP contribution in [0.15, 0.2) is 0 Å². The normalized spacial score (nSPS) is 32.6. The number of methoxy groups -OCH3 is 1. The van der Waals surface area contributed by atoms with Crippen LogP contribution < -0.4 is 5.32 Å². The maximum absolute atomic E-state index is 5.65. The van der Waals surface area contributed by atoms with Crippen LogP contribution in [0, 0.1) is 11.8 Å². The zero-order valence-corrected chi connectivity index (χ0v) is 9.33. The fraction of sp³-hybridized carbons (Fsp3) is 1.00. The molecule has 14 heavy (non-hydrogen) atoms. The van der Waals surface area contributed by atoms with Crippen molar-refractivity contribution in [1.82, 2.24) is 10.2 Å². The van der Waals surface area contributed by atoms with E-state index in [2.05, 4.69) is 17.3 Å². The highest BCUT2D eigenvalue weighted by Crippen LogP contribution is 2.37. The zero-order valence-electron chi connectivity index (χ0n) is 9.33. The molecule has 2 fully saturated rings. The maximum atomic E-state index is 5.65. The van der Waals surface area contributed by atoms with E-state index in [1.54, 1.807) is 0 Å². The van der Waals surface area contributed by atoms with E-state index in [-0.39, 0.29) is 0 Å².